The molecule has 0 fully saturated rings. The van der Waals surface area contributed by atoms with E-state index in [-0.39, 0.29) is 26.9 Å². The van der Waals surface area contributed by atoms with Crippen LogP contribution < -0.4 is 9.62 Å². The molecule has 6 nitrogen and oxygen atoms in total. The smallest absolute Gasteiger partial charge is 0.245 e. The molecule has 0 spiro atoms. The number of benzene rings is 3. The van der Waals surface area contributed by atoms with Crippen LogP contribution in [0.25, 0.3) is 0 Å². The van der Waals surface area contributed by atoms with Gasteiger partial charge in [0.2, 0.25) is 15.9 Å². The fourth-order valence-electron chi connectivity index (χ4n) is 3.42. The quantitative estimate of drug-likeness (QED) is 0.382. The van der Waals surface area contributed by atoms with E-state index in [0.717, 1.165) is 16.1 Å². The minimum absolute atomic E-state index is 0.0254. The van der Waals surface area contributed by atoms with Gasteiger partial charge in [-0.2, -0.15) is 0 Å². The topological polar surface area (TPSA) is 83.6 Å². The summed E-state index contributed by atoms with van der Waals surface area (Å²) >= 11 is 12.2. The van der Waals surface area contributed by atoms with Gasteiger partial charge in [-0.3, -0.25) is 13.9 Å². The second-order valence-electron chi connectivity index (χ2n) is 9.13. The highest BCUT2D eigenvalue weighted by atomic mass is 35.5. The summed E-state index contributed by atoms with van der Waals surface area (Å²) < 4.78 is 25.6. The Bertz CT molecular complexity index is 1360. The molecule has 0 heterocycles. The van der Waals surface area contributed by atoms with E-state index in [4.69, 9.17) is 23.2 Å². The van der Waals surface area contributed by atoms with Crippen molar-refractivity contribution in [1.29, 1.82) is 0 Å². The Morgan fingerprint density at radius 2 is 1.54 bits per heavy atom. The van der Waals surface area contributed by atoms with E-state index in [0.29, 0.717) is 16.8 Å². The van der Waals surface area contributed by atoms with E-state index in [1.807, 2.05) is 12.1 Å². The van der Waals surface area contributed by atoms with Crippen molar-refractivity contribution >= 4 is 56.3 Å². The second-order valence-corrected chi connectivity index (χ2v) is 11.8. The molecule has 0 aliphatic rings. The van der Waals surface area contributed by atoms with E-state index >= 15 is 0 Å². The molecular weight excluding hydrogens is 507 g/mol. The average Bonchev–Trinajstić information content (AvgIpc) is 2.78. The standard InChI is InChI=1S/C26H26Cl2N2O4S/c1-26(2,3)19-13-11-17(12-14-19)25(32)18-7-5-8-20(15-18)29-23(31)16-30(35(4,33)34)22-10-6-9-21(27)24(22)28/h5-15H,16H2,1-4H3,(H,29,31). The van der Waals surface area contributed by atoms with Gasteiger partial charge in [-0.25, -0.2) is 8.42 Å². The summed E-state index contributed by atoms with van der Waals surface area (Å²) in [5, 5.41) is 2.84. The van der Waals surface area contributed by atoms with Gasteiger partial charge in [0, 0.05) is 16.8 Å². The van der Waals surface area contributed by atoms with Crippen molar-refractivity contribution in [3.05, 3.63) is 93.5 Å². The summed E-state index contributed by atoms with van der Waals surface area (Å²) in [6.45, 7) is 5.77. The van der Waals surface area contributed by atoms with Crippen molar-refractivity contribution in [2.24, 2.45) is 0 Å². The number of sulfonamides is 1. The molecule has 1 amide bonds. The molecular formula is C26H26Cl2N2O4S. The third-order valence-electron chi connectivity index (χ3n) is 5.31. The predicted molar refractivity (Wildman–Crippen MR) is 142 cm³/mol. The molecule has 1 N–H and O–H groups in total. The lowest BCUT2D eigenvalue weighted by atomic mass is 9.86. The molecule has 0 aromatic heterocycles. The lowest BCUT2D eigenvalue weighted by Crippen LogP contribution is -2.37. The number of anilines is 2. The van der Waals surface area contributed by atoms with Crippen molar-refractivity contribution in [2.75, 3.05) is 22.4 Å². The molecule has 0 unspecified atom stereocenters. The van der Waals surface area contributed by atoms with Crippen molar-refractivity contribution in [3.8, 4) is 0 Å². The Hall–Kier alpha value is -2.87. The van der Waals surface area contributed by atoms with Crippen molar-refractivity contribution < 1.29 is 18.0 Å². The molecule has 0 bridgehead atoms. The van der Waals surface area contributed by atoms with Gasteiger partial charge >= 0.3 is 0 Å². The fourth-order valence-corrected chi connectivity index (χ4v) is 4.73. The van der Waals surface area contributed by atoms with Crippen LogP contribution in [-0.2, 0) is 20.2 Å². The maximum Gasteiger partial charge on any atom is 0.245 e. The van der Waals surface area contributed by atoms with Crippen LogP contribution in [-0.4, -0.2) is 32.9 Å². The summed E-state index contributed by atoms with van der Waals surface area (Å²) in [6, 6.07) is 18.4. The molecule has 0 radical (unpaired) electrons. The Morgan fingerprint density at radius 1 is 0.914 bits per heavy atom. The number of carbonyl (C=O) groups is 2. The van der Waals surface area contributed by atoms with Crippen LogP contribution in [0.3, 0.4) is 0 Å². The molecule has 184 valence electrons. The van der Waals surface area contributed by atoms with E-state index in [2.05, 4.69) is 26.1 Å². The Labute approximate surface area is 215 Å². The van der Waals surface area contributed by atoms with Gasteiger partial charge in [0.15, 0.2) is 5.78 Å². The molecule has 0 saturated heterocycles. The zero-order valence-electron chi connectivity index (χ0n) is 19.8. The van der Waals surface area contributed by atoms with Gasteiger partial charge < -0.3 is 5.32 Å². The summed E-state index contributed by atoms with van der Waals surface area (Å²) in [6.07, 6.45) is 0.974. The number of hydrogen-bond acceptors (Lipinski definition) is 4. The lowest BCUT2D eigenvalue weighted by Gasteiger charge is -2.23. The monoisotopic (exact) mass is 532 g/mol. The van der Waals surface area contributed by atoms with Crippen LogP contribution in [0.2, 0.25) is 10.0 Å². The third kappa shape index (κ3) is 6.63. The third-order valence-corrected chi connectivity index (χ3v) is 7.24. The molecule has 35 heavy (non-hydrogen) atoms. The molecule has 3 aromatic rings. The number of halogens is 2. The largest absolute Gasteiger partial charge is 0.324 e. The van der Waals surface area contributed by atoms with Crippen LogP contribution >= 0.6 is 23.2 Å². The Kier molecular flexibility index (Phi) is 7.94. The lowest BCUT2D eigenvalue weighted by molar-refractivity contribution is -0.114. The molecule has 0 aliphatic heterocycles. The first-order valence-corrected chi connectivity index (χ1v) is 13.3. The van der Waals surface area contributed by atoms with Crippen molar-refractivity contribution in [3.63, 3.8) is 0 Å². The Balaban J connectivity index is 1.79. The molecule has 0 saturated carbocycles. The maximum absolute atomic E-state index is 13.0. The minimum Gasteiger partial charge on any atom is -0.324 e. The highest BCUT2D eigenvalue weighted by Crippen LogP contribution is 2.33. The summed E-state index contributed by atoms with van der Waals surface area (Å²) in [4.78, 5) is 25.7. The molecule has 3 aromatic carbocycles. The first-order chi connectivity index (χ1) is 16.3. The van der Waals surface area contributed by atoms with Crippen LogP contribution in [0.1, 0.15) is 42.3 Å². The molecule has 0 atom stereocenters. The molecule has 3 rings (SSSR count). The van der Waals surface area contributed by atoms with Crippen LogP contribution in [0.5, 0.6) is 0 Å². The number of carbonyl (C=O) groups excluding carboxylic acids is 2. The summed E-state index contributed by atoms with van der Waals surface area (Å²) in [7, 11) is -3.84. The number of ketones is 1. The van der Waals surface area contributed by atoms with E-state index < -0.39 is 22.5 Å². The van der Waals surface area contributed by atoms with Crippen molar-refractivity contribution in [1.82, 2.24) is 0 Å². The average molecular weight is 533 g/mol. The zero-order valence-corrected chi connectivity index (χ0v) is 22.1. The number of rotatable bonds is 7. The van der Waals surface area contributed by atoms with E-state index in [1.54, 1.807) is 42.5 Å². The van der Waals surface area contributed by atoms with Crippen LogP contribution in [0.4, 0.5) is 11.4 Å². The zero-order chi connectivity index (χ0) is 26.0. The van der Waals surface area contributed by atoms with Crippen LogP contribution in [0.15, 0.2) is 66.7 Å². The minimum atomic E-state index is -3.84. The first kappa shape index (κ1) is 26.7. The van der Waals surface area contributed by atoms with E-state index in [1.165, 1.54) is 12.1 Å². The predicted octanol–water partition coefficient (Wildman–Crippen LogP) is 5.93. The number of hydrogen-bond donors (Lipinski definition) is 1. The summed E-state index contributed by atoms with van der Waals surface area (Å²) in [5.74, 6) is -0.796. The number of nitrogens with zero attached hydrogens (tertiary/aromatic N) is 1. The number of amides is 1. The van der Waals surface area contributed by atoms with Gasteiger partial charge in [-0.15, -0.1) is 0 Å². The van der Waals surface area contributed by atoms with E-state index in [9.17, 15) is 18.0 Å². The highest BCUT2D eigenvalue weighted by molar-refractivity contribution is 7.92. The normalized spacial score (nSPS) is 11.7. The molecule has 0 aliphatic carbocycles. The van der Waals surface area contributed by atoms with Gasteiger partial charge in [-0.05, 0) is 35.2 Å². The summed E-state index contributed by atoms with van der Waals surface area (Å²) in [5.41, 5.74) is 2.47. The highest BCUT2D eigenvalue weighted by Gasteiger charge is 2.24. The maximum atomic E-state index is 13.0. The Morgan fingerprint density at radius 3 is 2.14 bits per heavy atom. The SMILES string of the molecule is CC(C)(C)c1ccc(C(=O)c2cccc(NC(=O)CN(c3cccc(Cl)c3Cl)S(C)(=O)=O)c2)cc1. The number of nitrogens with one attached hydrogen (secondary N) is 1. The molecule has 9 heteroatoms. The first-order valence-electron chi connectivity index (χ1n) is 10.7. The second kappa shape index (κ2) is 10.4. The van der Waals surface area contributed by atoms with Gasteiger partial charge in [-0.1, -0.05) is 86.4 Å². The van der Waals surface area contributed by atoms with Gasteiger partial charge in [0.05, 0.1) is 22.0 Å². The van der Waals surface area contributed by atoms with Gasteiger partial charge in [0.25, 0.3) is 0 Å². The van der Waals surface area contributed by atoms with Crippen molar-refractivity contribution in [2.45, 2.75) is 26.2 Å². The van der Waals surface area contributed by atoms with Gasteiger partial charge in [0.1, 0.15) is 6.54 Å². The fraction of sp³-hybridized carbons (Fsp3) is 0.231. The van der Waals surface area contributed by atoms with Crippen LogP contribution in [0, 0.1) is 0 Å².